The minimum absolute atomic E-state index is 0.0444. The molecule has 34 heavy (non-hydrogen) atoms. The summed E-state index contributed by atoms with van der Waals surface area (Å²) in [6.07, 6.45) is 6.15. The van der Waals surface area contributed by atoms with E-state index in [4.69, 9.17) is 33.7 Å². The highest BCUT2D eigenvalue weighted by Crippen LogP contribution is 2.34. The largest absolute Gasteiger partial charge is 0.398 e. The van der Waals surface area contributed by atoms with Crippen LogP contribution in [0.2, 0.25) is 10.0 Å². The van der Waals surface area contributed by atoms with E-state index >= 15 is 0 Å². The molecule has 0 bridgehead atoms. The Morgan fingerprint density at radius 2 is 1.82 bits per heavy atom. The number of nitrogens with zero attached hydrogens (tertiary/aromatic N) is 5. The van der Waals surface area contributed by atoms with E-state index in [1.165, 1.54) is 24.5 Å². The number of methoxy groups -OCH3 is 1. The third-order valence-electron chi connectivity index (χ3n) is 5.27. The number of halogens is 5. The molecular formula is C22H19Cl2F3N6O. The van der Waals surface area contributed by atoms with Crippen LogP contribution in [0.3, 0.4) is 0 Å². The summed E-state index contributed by atoms with van der Waals surface area (Å²) in [6.45, 7) is -2.47. The lowest BCUT2D eigenvalue weighted by molar-refractivity contribution is 0.0585. The van der Waals surface area contributed by atoms with Crippen LogP contribution in [-0.4, -0.2) is 38.3 Å². The lowest BCUT2D eigenvalue weighted by Crippen LogP contribution is -2.15. The topological polar surface area (TPSA) is 83.8 Å². The molecule has 0 saturated carbocycles. The quantitative estimate of drug-likeness (QED) is 0.300. The molecule has 2 N–H and O–H groups in total. The molecule has 178 valence electrons. The second kappa shape index (κ2) is 10.0. The summed E-state index contributed by atoms with van der Waals surface area (Å²) >= 11 is 12.0. The Labute approximate surface area is 202 Å². The zero-order chi connectivity index (χ0) is 24.4. The molecular weight excluding hydrogens is 492 g/mol. The molecule has 0 radical (unpaired) electrons. The Hall–Kier alpha value is -3.08. The molecule has 4 aromatic rings. The molecule has 7 nitrogen and oxygen atoms in total. The van der Waals surface area contributed by atoms with E-state index in [9.17, 15) is 13.2 Å². The van der Waals surface area contributed by atoms with Gasteiger partial charge in [-0.2, -0.15) is 19.0 Å². The normalized spacial score (nSPS) is 12.4. The molecule has 12 heteroatoms. The van der Waals surface area contributed by atoms with Crippen molar-refractivity contribution in [2.45, 2.75) is 19.0 Å². The molecule has 3 heterocycles. The molecule has 4 rings (SSSR count). The molecule has 0 saturated heterocycles. The van der Waals surface area contributed by atoms with Crippen molar-refractivity contribution in [2.75, 3.05) is 19.5 Å². The summed E-state index contributed by atoms with van der Waals surface area (Å²) < 4.78 is 48.5. The van der Waals surface area contributed by atoms with Gasteiger partial charge in [-0.05, 0) is 24.6 Å². The predicted octanol–water partition coefficient (Wildman–Crippen LogP) is 5.86. The summed E-state index contributed by atoms with van der Waals surface area (Å²) in [7, 11) is 1.56. The van der Waals surface area contributed by atoms with E-state index in [1.807, 2.05) is 0 Å². The van der Waals surface area contributed by atoms with Crippen molar-refractivity contribution in [3.8, 4) is 22.4 Å². The number of nitrogen functional groups attached to an aromatic ring is 1. The maximum Gasteiger partial charge on any atom is 0.333 e. The van der Waals surface area contributed by atoms with Gasteiger partial charge in [-0.1, -0.05) is 29.3 Å². The van der Waals surface area contributed by atoms with Gasteiger partial charge in [-0.25, -0.2) is 9.07 Å². The number of ether oxygens (including phenoxy) is 1. The first kappa shape index (κ1) is 24.1. The van der Waals surface area contributed by atoms with Crippen LogP contribution in [0.15, 0.2) is 49.1 Å². The lowest BCUT2D eigenvalue weighted by Gasteiger charge is -2.17. The molecule has 0 aliphatic rings. The van der Waals surface area contributed by atoms with Crippen molar-refractivity contribution in [1.82, 2.24) is 24.5 Å². The zero-order valence-electron chi connectivity index (χ0n) is 17.8. The fourth-order valence-corrected chi connectivity index (χ4v) is 4.04. The Morgan fingerprint density at radius 3 is 2.50 bits per heavy atom. The van der Waals surface area contributed by atoms with Crippen LogP contribution >= 0.6 is 23.2 Å². The Balaban J connectivity index is 1.69. The average Bonchev–Trinajstić information content (AvgIpc) is 3.44. The van der Waals surface area contributed by atoms with Gasteiger partial charge in [0.1, 0.15) is 0 Å². The van der Waals surface area contributed by atoms with Crippen LogP contribution in [0.25, 0.3) is 22.4 Å². The first-order valence-electron chi connectivity index (χ1n) is 10.1. The van der Waals surface area contributed by atoms with E-state index in [2.05, 4.69) is 15.2 Å². The van der Waals surface area contributed by atoms with Crippen LogP contribution in [-0.2, 0) is 4.74 Å². The minimum Gasteiger partial charge on any atom is -0.398 e. The molecule has 0 aliphatic carbocycles. The predicted molar refractivity (Wildman–Crippen MR) is 123 cm³/mol. The van der Waals surface area contributed by atoms with Gasteiger partial charge in [0.15, 0.2) is 5.82 Å². The number of pyridine rings is 1. The molecule has 0 aliphatic heterocycles. The highest BCUT2D eigenvalue weighted by molar-refractivity contribution is 6.33. The Bertz CT molecular complexity index is 1290. The van der Waals surface area contributed by atoms with Crippen LogP contribution < -0.4 is 5.73 Å². The highest BCUT2D eigenvalue weighted by atomic mass is 35.5. The fraction of sp³-hybridized carbons (Fsp3) is 0.227. The second-order valence-electron chi connectivity index (χ2n) is 7.37. The van der Waals surface area contributed by atoms with Crippen LogP contribution in [0.5, 0.6) is 0 Å². The van der Waals surface area contributed by atoms with Crippen molar-refractivity contribution in [3.05, 3.63) is 70.6 Å². The molecule has 0 spiro atoms. The summed E-state index contributed by atoms with van der Waals surface area (Å²) in [6, 6.07) is 5.91. The van der Waals surface area contributed by atoms with Gasteiger partial charge in [0.25, 0.3) is 0 Å². The maximum absolute atomic E-state index is 14.6. The van der Waals surface area contributed by atoms with E-state index < -0.39 is 18.4 Å². The summed E-state index contributed by atoms with van der Waals surface area (Å²) in [5, 5.41) is 8.01. The Morgan fingerprint density at radius 1 is 1.03 bits per heavy atom. The molecule has 3 aromatic heterocycles. The van der Waals surface area contributed by atoms with Gasteiger partial charge in [0, 0.05) is 48.5 Å². The van der Waals surface area contributed by atoms with Gasteiger partial charge < -0.3 is 10.5 Å². The van der Waals surface area contributed by atoms with Gasteiger partial charge in [-0.15, -0.1) is 0 Å². The lowest BCUT2D eigenvalue weighted by atomic mass is 10.0. The highest BCUT2D eigenvalue weighted by Gasteiger charge is 2.22. The van der Waals surface area contributed by atoms with Crippen molar-refractivity contribution in [2.24, 2.45) is 0 Å². The van der Waals surface area contributed by atoms with E-state index in [1.54, 1.807) is 30.1 Å². The Kier molecular flexibility index (Phi) is 7.11. The van der Waals surface area contributed by atoms with Gasteiger partial charge in [0.2, 0.25) is 0 Å². The number of alkyl halides is 2. The van der Waals surface area contributed by atoms with E-state index in [0.717, 1.165) is 6.20 Å². The molecule has 1 aromatic carbocycles. The molecule has 0 fully saturated rings. The smallest absolute Gasteiger partial charge is 0.333 e. The SMILES string of the molecule is COCCC(c1ccc(-c2c(N)ccc(Cl)c2F)cn1)n1cc(-c2c(Cl)cnn2C(F)F)cn1. The number of benzene rings is 1. The summed E-state index contributed by atoms with van der Waals surface area (Å²) in [5.74, 6) is -0.628. The first-order valence-corrected chi connectivity index (χ1v) is 10.8. The standard InChI is InChI=1S/C22H19Cl2F3N6O/c1-34-7-6-18(32-11-13(9-30-32)21-15(24)10-31-33(21)22(26)27)17-5-2-12(8-29-17)19-16(28)4-3-14(23)20(19)25/h2-5,8-11,18,22H,6-7,28H2,1H3. The number of hydrogen-bond acceptors (Lipinski definition) is 5. The monoisotopic (exact) mass is 510 g/mol. The van der Waals surface area contributed by atoms with Gasteiger partial charge in [0.05, 0.1) is 39.9 Å². The van der Waals surface area contributed by atoms with Crippen LogP contribution in [0, 0.1) is 5.82 Å². The molecule has 1 atom stereocenters. The maximum atomic E-state index is 14.6. The molecule has 1 unspecified atom stereocenters. The number of rotatable bonds is 8. The molecule has 0 amide bonds. The minimum atomic E-state index is -2.86. The number of aromatic nitrogens is 5. The number of hydrogen-bond donors (Lipinski definition) is 1. The van der Waals surface area contributed by atoms with E-state index in [-0.39, 0.29) is 27.0 Å². The van der Waals surface area contributed by atoms with E-state index in [0.29, 0.717) is 34.5 Å². The van der Waals surface area contributed by atoms with Crippen molar-refractivity contribution < 1.29 is 17.9 Å². The third kappa shape index (κ3) is 4.61. The van der Waals surface area contributed by atoms with Gasteiger partial charge in [-0.3, -0.25) is 9.67 Å². The second-order valence-corrected chi connectivity index (χ2v) is 8.18. The van der Waals surface area contributed by atoms with Crippen molar-refractivity contribution >= 4 is 28.9 Å². The van der Waals surface area contributed by atoms with Crippen molar-refractivity contribution in [1.29, 1.82) is 0 Å². The fourth-order valence-electron chi connectivity index (χ4n) is 3.64. The number of anilines is 1. The number of nitrogens with two attached hydrogens (primary N) is 1. The van der Waals surface area contributed by atoms with Gasteiger partial charge >= 0.3 is 6.55 Å². The first-order chi connectivity index (χ1) is 16.3. The zero-order valence-corrected chi connectivity index (χ0v) is 19.3. The summed E-state index contributed by atoms with van der Waals surface area (Å²) in [4.78, 5) is 4.49. The summed E-state index contributed by atoms with van der Waals surface area (Å²) in [5.41, 5.74) is 7.83. The van der Waals surface area contributed by atoms with Crippen LogP contribution in [0.4, 0.5) is 18.9 Å². The average molecular weight is 511 g/mol. The third-order valence-corrected chi connectivity index (χ3v) is 5.84. The van der Waals surface area contributed by atoms with Crippen LogP contribution in [0.1, 0.15) is 24.7 Å². The van der Waals surface area contributed by atoms with Crippen molar-refractivity contribution in [3.63, 3.8) is 0 Å².